The van der Waals surface area contributed by atoms with E-state index < -0.39 is 21.8 Å². The predicted octanol–water partition coefficient (Wildman–Crippen LogP) is 1.55. The highest BCUT2D eigenvalue weighted by molar-refractivity contribution is 7.89. The minimum atomic E-state index is -4.47. The summed E-state index contributed by atoms with van der Waals surface area (Å²) in [4.78, 5) is 1.61. The van der Waals surface area contributed by atoms with Gasteiger partial charge in [0.05, 0.1) is 10.5 Å². The Kier molecular flexibility index (Phi) is 4.94. The highest BCUT2D eigenvalue weighted by Crippen LogP contribution is 2.29. The molecule has 1 aromatic rings. The summed E-state index contributed by atoms with van der Waals surface area (Å²) in [6.45, 7) is 0.691. The number of benzene rings is 1. The van der Waals surface area contributed by atoms with E-state index in [1.807, 2.05) is 0 Å². The Morgan fingerprint density at radius 1 is 1.16 bits per heavy atom. The third-order valence-electron chi connectivity index (χ3n) is 2.34. The van der Waals surface area contributed by atoms with E-state index in [2.05, 4.69) is 4.72 Å². The van der Waals surface area contributed by atoms with Crippen LogP contribution in [0.15, 0.2) is 29.2 Å². The summed E-state index contributed by atoms with van der Waals surface area (Å²) in [7, 11) is -0.194. The van der Waals surface area contributed by atoms with Gasteiger partial charge in [0.15, 0.2) is 0 Å². The number of nitrogens with zero attached hydrogens (tertiary/aromatic N) is 1. The lowest BCUT2D eigenvalue weighted by molar-refractivity contribution is -0.137. The van der Waals surface area contributed by atoms with Crippen LogP contribution in [0.2, 0.25) is 0 Å². The van der Waals surface area contributed by atoms with E-state index in [0.29, 0.717) is 6.54 Å². The average Bonchev–Trinajstić information content (AvgIpc) is 2.27. The van der Waals surface area contributed by atoms with Crippen LogP contribution < -0.4 is 4.72 Å². The summed E-state index contributed by atoms with van der Waals surface area (Å²) < 4.78 is 62.9. The molecule has 0 heterocycles. The SMILES string of the molecule is CN(C)CCNS(=O)(=O)c1ccc(C(F)(F)F)cc1. The lowest BCUT2D eigenvalue weighted by atomic mass is 10.2. The van der Waals surface area contributed by atoms with Crippen LogP contribution in [0, 0.1) is 0 Å². The number of sulfonamides is 1. The Morgan fingerprint density at radius 3 is 2.11 bits per heavy atom. The fraction of sp³-hybridized carbons (Fsp3) is 0.455. The van der Waals surface area contributed by atoms with Gasteiger partial charge in [0, 0.05) is 13.1 Å². The van der Waals surface area contributed by atoms with Crippen molar-refractivity contribution >= 4 is 10.0 Å². The van der Waals surface area contributed by atoms with E-state index in [-0.39, 0.29) is 11.4 Å². The molecule has 0 amide bonds. The van der Waals surface area contributed by atoms with Crippen LogP contribution in [0.25, 0.3) is 0 Å². The summed E-state index contributed by atoms with van der Waals surface area (Å²) in [5.74, 6) is 0. The summed E-state index contributed by atoms with van der Waals surface area (Å²) in [6, 6.07) is 3.39. The van der Waals surface area contributed by atoms with Crippen molar-refractivity contribution < 1.29 is 21.6 Å². The molecule has 19 heavy (non-hydrogen) atoms. The largest absolute Gasteiger partial charge is 0.416 e. The van der Waals surface area contributed by atoms with Crippen molar-refractivity contribution in [3.05, 3.63) is 29.8 Å². The molecule has 0 aliphatic heterocycles. The van der Waals surface area contributed by atoms with Gasteiger partial charge in [0.2, 0.25) is 10.0 Å². The molecule has 0 aliphatic rings. The number of rotatable bonds is 5. The van der Waals surface area contributed by atoms with Crippen LogP contribution in [-0.2, 0) is 16.2 Å². The molecule has 0 radical (unpaired) electrons. The van der Waals surface area contributed by atoms with E-state index in [9.17, 15) is 21.6 Å². The van der Waals surface area contributed by atoms with E-state index in [0.717, 1.165) is 24.3 Å². The molecule has 0 aromatic heterocycles. The predicted molar refractivity (Wildman–Crippen MR) is 65.2 cm³/mol. The molecule has 0 spiro atoms. The Hall–Kier alpha value is -1.12. The molecule has 1 aromatic carbocycles. The van der Waals surface area contributed by atoms with E-state index in [4.69, 9.17) is 0 Å². The molecule has 0 fully saturated rings. The summed E-state index contributed by atoms with van der Waals surface area (Å²) in [5, 5.41) is 0. The number of hydrogen-bond acceptors (Lipinski definition) is 3. The van der Waals surface area contributed by atoms with Crippen molar-refractivity contribution in [2.24, 2.45) is 0 Å². The van der Waals surface area contributed by atoms with Gasteiger partial charge >= 0.3 is 6.18 Å². The maximum Gasteiger partial charge on any atom is 0.416 e. The minimum absolute atomic E-state index is 0.181. The number of hydrogen-bond donors (Lipinski definition) is 1. The zero-order chi connectivity index (χ0) is 14.7. The van der Waals surface area contributed by atoms with Crippen LogP contribution in [0.3, 0.4) is 0 Å². The first-order valence-corrected chi connectivity index (χ1v) is 6.93. The smallest absolute Gasteiger partial charge is 0.308 e. The zero-order valence-electron chi connectivity index (χ0n) is 10.5. The van der Waals surface area contributed by atoms with Crippen molar-refractivity contribution in [2.45, 2.75) is 11.1 Å². The lowest BCUT2D eigenvalue weighted by Crippen LogP contribution is -2.31. The number of alkyl halides is 3. The monoisotopic (exact) mass is 296 g/mol. The van der Waals surface area contributed by atoms with Gasteiger partial charge in [-0.05, 0) is 38.4 Å². The molecule has 1 N–H and O–H groups in total. The van der Waals surface area contributed by atoms with Gasteiger partial charge in [-0.15, -0.1) is 0 Å². The van der Waals surface area contributed by atoms with E-state index in [1.165, 1.54) is 0 Å². The Labute approximate surface area is 110 Å². The van der Waals surface area contributed by atoms with Crippen LogP contribution in [0.1, 0.15) is 5.56 Å². The minimum Gasteiger partial charge on any atom is -0.308 e. The molecule has 0 bridgehead atoms. The normalized spacial score (nSPS) is 12.9. The third kappa shape index (κ3) is 4.81. The quantitative estimate of drug-likeness (QED) is 0.897. The standard InChI is InChI=1S/C11H15F3N2O2S/c1-16(2)8-7-15-19(17,18)10-5-3-9(4-6-10)11(12,13)14/h3-6,15H,7-8H2,1-2H3. The fourth-order valence-corrected chi connectivity index (χ4v) is 2.33. The van der Waals surface area contributed by atoms with E-state index >= 15 is 0 Å². The van der Waals surface area contributed by atoms with Crippen molar-refractivity contribution in [3.8, 4) is 0 Å². The van der Waals surface area contributed by atoms with Gasteiger partial charge in [0.25, 0.3) is 0 Å². The molecule has 4 nitrogen and oxygen atoms in total. The van der Waals surface area contributed by atoms with Gasteiger partial charge in [-0.25, -0.2) is 13.1 Å². The Bertz CT molecular complexity index is 510. The molecule has 108 valence electrons. The van der Waals surface area contributed by atoms with Crippen LogP contribution in [0.4, 0.5) is 13.2 Å². The maximum atomic E-state index is 12.3. The first kappa shape index (κ1) is 15.9. The lowest BCUT2D eigenvalue weighted by Gasteiger charge is -2.11. The zero-order valence-corrected chi connectivity index (χ0v) is 11.3. The van der Waals surface area contributed by atoms with Crippen LogP contribution >= 0.6 is 0 Å². The highest BCUT2D eigenvalue weighted by Gasteiger charge is 2.30. The fourth-order valence-electron chi connectivity index (χ4n) is 1.31. The molecule has 8 heteroatoms. The molecule has 0 saturated heterocycles. The van der Waals surface area contributed by atoms with Gasteiger partial charge < -0.3 is 4.90 Å². The second-order valence-electron chi connectivity index (χ2n) is 4.22. The topological polar surface area (TPSA) is 49.4 Å². The Morgan fingerprint density at radius 2 is 1.68 bits per heavy atom. The molecular formula is C11H15F3N2O2S. The molecule has 0 atom stereocenters. The average molecular weight is 296 g/mol. The first-order chi connectivity index (χ1) is 8.63. The molecular weight excluding hydrogens is 281 g/mol. The van der Waals surface area contributed by atoms with Crippen molar-refractivity contribution in [1.29, 1.82) is 0 Å². The molecule has 0 saturated carbocycles. The van der Waals surface area contributed by atoms with Crippen LogP contribution in [-0.4, -0.2) is 40.5 Å². The van der Waals surface area contributed by atoms with Crippen molar-refractivity contribution in [1.82, 2.24) is 9.62 Å². The number of likely N-dealkylation sites (N-methyl/N-ethyl adjacent to an activating group) is 1. The van der Waals surface area contributed by atoms with Gasteiger partial charge in [-0.3, -0.25) is 0 Å². The molecule has 1 rings (SSSR count). The number of nitrogens with one attached hydrogen (secondary N) is 1. The second-order valence-corrected chi connectivity index (χ2v) is 5.99. The Balaban J connectivity index is 2.80. The summed E-state index contributed by atoms with van der Waals surface area (Å²) >= 11 is 0. The van der Waals surface area contributed by atoms with E-state index in [1.54, 1.807) is 19.0 Å². The van der Waals surface area contributed by atoms with Crippen molar-refractivity contribution in [2.75, 3.05) is 27.2 Å². The van der Waals surface area contributed by atoms with Gasteiger partial charge in [-0.2, -0.15) is 13.2 Å². The van der Waals surface area contributed by atoms with Gasteiger partial charge in [0.1, 0.15) is 0 Å². The summed E-state index contributed by atoms with van der Waals surface area (Å²) in [6.07, 6.45) is -4.47. The summed E-state index contributed by atoms with van der Waals surface area (Å²) in [5.41, 5.74) is -0.875. The third-order valence-corrected chi connectivity index (χ3v) is 3.82. The molecule has 0 aliphatic carbocycles. The second kappa shape index (κ2) is 5.89. The van der Waals surface area contributed by atoms with Crippen molar-refractivity contribution in [3.63, 3.8) is 0 Å². The maximum absolute atomic E-state index is 12.3. The first-order valence-electron chi connectivity index (χ1n) is 5.44. The van der Waals surface area contributed by atoms with Gasteiger partial charge in [-0.1, -0.05) is 0 Å². The molecule has 0 unspecified atom stereocenters. The van der Waals surface area contributed by atoms with Crippen LogP contribution in [0.5, 0.6) is 0 Å². The number of halogens is 3. The highest BCUT2D eigenvalue weighted by atomic mass is 32.2.